The van der Waals surface area contributed by atoms with Crippen molar-refractivity contribution in [3.05, 3.63) is 71.3 Å². The first-order chi connectivity index (χ1) is 14.3. The minimum Gasteiger partial charge on any atom is -0.370 e. The van der Waals surface area contributed by atoms with Gasteiger partial charge in [0.15, 0.2) is 0 Å². The topological polar surface area (TPSA) is 38.3 Å². The maximum atomic E-state index is 13.4. The number of benzene rings is 2. The predicted molar refractivity (Wildman–Crippen MR) is 112 cm³/mol. The fraction of sp³-hybridized carbons (Fsp3) is 0.480. The maximum Gasteiger partial charge on any atom is 0.224 e. The standard InChI is InChI=1S/C25H29F2NO2/c1-16-3-12-21-22(13-16)30-23(18-6-10-20(27)11-7-18)15-25(21,2)28-24(29)14-17-4-8-19(26)9-5-17/h4-11,16,21-23H,3,12-15H2,1-2H3,(H,28,29)/t16-,21-,22-,23-,25-/m0/s1. The van der Waals surface area contributed by atoms with E-state index in [-0.39, 0.29) is 42.1 Å². The molecule has 0 bridgehead atoms. The summed E-state index contributed by atoms with van der Waals surface area (Å²) in [5.41, 5.74) is 1.31. The second-order valence-corrected chi connectivity index (χ2v) is 9.21. The van der Waals surface area contributed by atoms with Gasteiger partial charge < -0.3 is 10.1 Å². The van der Waals surface area contributed by atoms with Gasteiger partial charge in [-0.3, -0.25) is 4.79 Å². The van der Waals surface area contributed by atoms with Crippen molar-refractivity contribution in [2.24, 2.45) is 11.8 Å². The quantitative estimate of drug-likeness (QED) is 0.734. The van der Waals surface area contributed by atoms with Gasteiger partial charge in [-0.05, 0) is 61.1 Å². The molecule has 1 aliphatic heterocycles. The maximum absolute atomic E-state index is 13.4. The molecule has 2 aliphatic rings. The second kappa shape index (κ2) is 8.46. The molecular weight excluding hydrogens is 384 g/mol. The number of ether oxygens (including phenoxy) is 1. The van der Waals surface area contributed by atoms with Crippen LogP contribution in [-0.2, 0) is 16.0 Å². The van der Waals surface area contributed by atoms with Crippen LogP contribution in [0.3, 0.4) is 0 Å². The molecular formula is C25H29F2NO2. The van der Waals surface area contributed by atoms with Gasteiger partial charge in [0.2, 0.25) is 5.91 Å². The fourth-order valence-corrected chi connectivity index (χ4v) is 5.17. The smallest absolute Gasteiger partial charge is 0.224 e. The zero-order valence-electron chi connectivity index (χ0n) is 17.5. The summed E-state index contributed by atoms with van der Waals surface area (Å²) in [5.74, 6) is 0.173. The van der Waals surface area contributed by atoms with Crippen molar-refractivity contribution in [2.75, 3.05) is 0 Å². The Hall–Kier alpha value is -2.27. The van der Waals surface area contributed by atoms with Crippen LogP contribution in [0.15, 0.2) is 48.5 Å². The van der Waals surface area contributed by atoms with Crippen molar-refractivity contribution in [2.45, 2.75) is 63.7 Å². The van der Waals surface area contributed by atoms with Gasteiger partial charge in [-0.2, -0.15) is 0 Å². The predicted octanol–water partition coefficient (Wildman–Crippen LogP) is 5.35. The summed E-state index contributed by atoms with van der Waals surface area (Å²) in [6.07, 6.45) is 3.83. The van der Waals surface area contributed by atoms with E-state index < -0.39 is 5.54 Å². The number of amides is 1. The van der Waals surface area contributed by atoms with E-state index in [1.165, 1.54) is 24.3 Å². The number of halogens is 2. The van der Waals surface area contributed by atoms with Crippen LogP contribution in [0.2, 0.25) is 0 Å². The highest BCUT2D eigenvalue weighted by molar-refractivity contribution is 5.79. The largest absolute Gasteiger partial charge is 0.370 e. The highest BCUT2D eigenvalue weighted by Crippen LogP contribution is 2.47. The summed E-state index contributed by atoms with van der Waals surface area (Å²) >= 11 is 0. The van der Waals surface area contributed by atoms with E-state index in [2.05, 4.69) is 19.2 Å². The highest BCUT2D eigenvalue weighted by Gasteiger charge is 2.49. The number of rotatable bonds is 4. The molecule has 1 N–H and O–H groups in total. The zero-order valence-corrected chi connectivity index (χ0v) is 17.5. The van der Waals surface area contributed by atoms with E-state index in [0.717, 1.165) is 30.4 Å². The van der Waals surface area contributed by atoms with Crippen molar-refractivity contribution in [3.8, 4) is 0 Å². The number of carbonyl (C=O) groups excluding carboxylic acids is 1. The van der Waals surface area contributed by atoms with Gasteiger partial charge in [0.25, 0.3) is 0 Å². The molecule has 5 heteroatoms. The molecule has 2 aromatic rings. The Morgan fingerprint density at radius 1 is 1.07 bits per heavy atom. The lowest BCUT2D eigenvalue weighted by Crippen LogP contribution is -2.60. The first-order valence-corrected chi connectivity index (χ1v) is 10.8. The fourth-order valence-electron chi connectivity index (χ4n) is 5.17. The van der Waals surface area contributed by atoms with Gasteiger partial charge in [-0.15, -0.1) is 0 Å². The molecule has 3 nitrogen and oxygen atoms in total. The van der Waals surface area contributed by atoms with Crippen molar-refractivity contribution in [1.29, 1.82) is 0 Å². The molecule has 1 heterocycles. The molecule has 2 fully saturated rings. The van der Waals surface area contributed by atoms with E-state index >= 15 is 0 Å². The normalized spacial score (nSPS) is 31.1. The molecule has 0 spiro atoms. The van der Waals surface area contributed by atoms with E-state index in [1.54, 1.807) is 24.3 Å². The van der Waals surface area contributed by atoms with E-state index in [9.17, 15) is 13.6 Å². The van der Waals surface area contributed by atoms with Gasteiger partial charge >= 0.3 is 0 Å². The summed E-state index contributed by atoms with van der Waals surface area (Å²) in [6.45, 7) is 4.35. The van der Waals surface area contributed by atoms with E-state index in [0.29, 0.717) is 12.3 Å². The molecule has 1 saturated heterocycles. The zero-order chi connectivity index (χ0) is 21.3. The summed E-state index contributed by atoms with van der Waals surface area (Å²) in [6, 6.07) is 12.5. The number of carbonyl (C=O) groups is 1. The molecule has 5 atom stereocenters. The van der Waals surface area contributed by atoms with Crippen molar-refractivity contribution >= 4 is 5.91 Å². The molecule has 0 radical (unpaired) electrons. The number of fused-ring (bicyclic) bond motifs is 1. The summed E-state index contributed by atoms with van der Waals surface area (Å²) in [5, 5.41) is 3.30. The molecule has 1 amide bonds. The minimum absolute atomic E-state index is 0.0636. The molecule has 30 heavy (non-hydrogen) atoms. The summed E-state index contributed by atoms with van der Waals surface area (Å²) in [4.78, 5) is 12.9. The Morgan fingerprint density at radius 3 is 2.37 bits per heavy atom. The van der Waals surface area contributed by atoms with Gasteiger partial charge in [-0.1, -0.05) is 37.6 Å². The van der Waals surface area contributed by atoms with Crippen LogP contribution in [0.4, 0.5) is 8.78 Å². The molecule has 2 aromatic carbocycles. The van der Waals surface area contributed by atoms with Crippen molar-refractivity contribution < 1.29 is 18.3 Å². The second-order valence-electron chi connectivity index (χ2n) is 9.21. The van der Waals surface area contributed by atoms with Crippen LogP contribution < -0.4 is 5.32 Å². The molecule has 4 rings (SSSR count). The first kappa shape index (κ1) is 21.0. The Bertz CT molecular complexity index is 883. The number of hydrogen-bond donors (Lipinski definition) is 1. The van der Waals surface area contributed by atoms with Gasteiger partial charge in [0, 0.05) is 17.9 Å². The Balaban J connectivity index is 1.54. The Morgan fingerprint density at radius 2 is 1.70 bits per heavy atom. The van der Waals surface area contributed by atoms with Crippen molar-refractivity contribution in [3.63, 3.8) is 0 Å². The minimum atomic E-state index is -0.417. The van der Waals surface area contributed by atoms with Crippen LogP contribution >= 0.6 is 0 Å². The molecule has 1 aliphatic carbocycles. The van der Waals surface area contributed by atoms with Crippen LogP contribution in [0.25, 0.3) is 0 Å². The first-order valence-electron chi connectivity index (χ1n) is 10.8. The van der Waals surface area contributed by atoms with Gasteiger partial charge in [0.1, 0.15) is 11.6 Å². The lowest BCUT2D eigenvalue weighted by molar-refractivity contribution is -0.153. The van der Waals surface area contributed by atoms with Crippen molar-refractivity contribution in [1.82, 2.24) is 5.32 Å². The van der Waals surface area contributed by atoms with Crippen LogP contribution in [0.5, 0.6) is 0 Å². The Kier molecular flexibility index (Phi) is 5.92. The number of nitrogens with one attached hydrogen (secondary N) is 1. The van der Waals surface area contributed by atoms with E-state index in [4.69, 9.17) is 4.74 Å². The van der Waals surface area contributed by atoms with Crippen LogP contribution in [-0.4, -0.2) is 17.6 Å². The average molecular weight is 414 g/mol. The van der Waals surface area contributed by atoms with Crippen LogP contribution in [0.1, 0.15) is 56.8 Å². The van der Waals surface area contributed by atoms with Gasteiger partial charge in [-0.25, -0.2) is 8.78 Å². The van der Waals surface area contributed by atoms with E-state index in [1.807, 2.05) is 0 Å². The average Bonchev–Trinajstić information content (AvgIpc) is 2.69. The lowest BCUT2D eigenvalue weighted by atomic mass is 9.66. The van der Waals surface area contributed by atoms with Crippen LogP contribution in [0, 0.1) is 23.5 Å². The summed E-state index contributed by atoms with van der Waals surface area (Å²) in [7, 11) is 0. The number of hydrogen-bond acceptors (Lipinski definition) is 2. The third-order valence-corrected chi connectivity index (χ3v) is 6.77. The monoisotopic (exact) mass is 413 g/mol. The summed E-state index contributed by atoms with van der Waals surface area (Å²) < 4.78 is 33.1. The molecule has 1 saturated carbocycles. The molecule has 0 aromatic heterocycles. The SMILES string of the molecule is C[C@H]1CC[C@H]2[C@H](C1)O[C@H](c1ccc(F)cc1)C[C@]2(C)NC(=O)Cc1ccc(F)cc1. The third kappa shape index (κ3) is 4.56. The molecule has 0 unspecified atom stereocenters. The third-order valence-electron chi connectivity index (χ3n) is 6.77. The Labute approximate surface area is 176 Å². The molecule has 160 valence electrons. The highest BCUT2D eigenvalue weighted by atomic mass is 19.1. The van der Waals surface area contributed by atoms with Gasteiger partial charge in [0.05, 0.1) is 18.6 Å². The lowest BCUT2D eigenvalue weighted by Gasteiger charge is -2.52.